The van der Waals surface area contributed by atoms with E-state index in [1.54, 1.807) is 0 Å². The predicted molar refractivity (Wildman–Crippen MR) is 72.8 cm³/mol. The molecule has 19 heavy (non-hydrogen) atoms. The van der Waals surface area contributed by atoms with E-state index in [9.17, 15) is 8.42 Å². The van der Waals surface area contributed by atoms with Crippen molar-refractivity contribution < 1.29 is 8.42 Å². The Morgan fingerprint density at radius 3 is 2.63 bits per heavy atom. The maximum absolute atomic E-state index is 11.9. The minimum absolute atomic E-state index is 0.0929. The van der Waals surface area contributed by atoms with E-state index in [-0.39, 0.29) is 10.6 Å². The van der Waals surface area contributed by atoms with Crippen LogP contribution in [0.25, 0.3) is 0 Å². The van der Waals surface area contributed by atoms with Crippen LogP contribution in [-0.2, 0) is 10.0 Å². The second-order valence-electron chi connectivity index (χ2n) is 4.78. The zero-order valence-electron chi connectivity index (χ0n) is 11.3. The maximum atomic E-state index is 11.9. The van der Waals surface area contributed by atoms with Crippen molar-refractivity contribution in [2.75, 3.05) is 6.54 Å². The molecule has 1 rings (SSSR count). The average Bonchev–Trinajstić information content (AvgIpc) is 2.38. The van der Waals surface area contributed by atoms with Crippen LogP contribution in [0, 0.1) is 17.2 Å². The summed E-state index contributed by atoms with van der Waals surface area (Å²) in [4.78, 5) is 3.84. The first-order valence-corrected chi connectivity index (χ1v) is 7.80. The number of rotatable bonds is 7. The van der Waals surface area contributed by atoms with Crippen molar-refractivity contribution >= 4 is 10.0 Å². The van der Waals surface area contributed by atoms with Crippen molar-refractivity contribution in [3.05, 3.63) is 24.0 Å². The molecule has 0 radical (unpaired) electrons. The van der Waals surface area contributed by atoms with Crippen LogP contribution in [-0.4, -0.2) is 19.9 Å². The monoisotopic (exact) mass is 281 g/mol. The van der Waals surface area contributed by atoms with E-state index in [0.717, 1.165) is 19.3 Å². The third-order valence-corrected chi connectivity index (χ3v) is 4.11. The molecule has 0 spiro atoms. The van der Waals surface area contributed by atoms with Gasteiger partial charge in [-0.2, -0.15) is 5.26 Å². The summed E-state index contributed by atoms with van der Waals surface area (Å²) in [5.41, 5.74) is 0.205. The van der Waals surface area contributed by atoms with Gasteiger partial charge in [0.2, 0.25) is 10.0 Å². The summed E-state index contributed by atoms with van der Waals surface area (Å²) in [7, 11) is -3.51. The van der Waals surface area contributed by atoms with Crippen molar-refractivity contribution in [2.45, 2.75) is 38.0 Å². The number of hydrogen-bond donors (Lipinski definition) is 1. The fraction of sp³-hybridized carbons (Fsp3) is 0.538. The lowest BCUT2D eigenvalue weighted by Gasteiger charge is -2.07. The van der Waals surface area contributed by atoms with Gasteiger partial charge in [0.15, 0.2) is 0 Å². The van der Waals surface area contributed by atoms with E-state index in [0.29, 0.717) is 12.5 Å². The smallest absolute Gasteiger partial charge is 0.242 e. The number of nitriles is 1. The van der Waals surface area contributed by atoms with E-state index in [2.05, 4.69) is 23.6 Å². The third kappa shape index (κ3) is 5.37. The topological polar surface area (TPSA) is 82.9 Å². The second kappa shape index (κ2) is 7.22. The summed E-state index contributed by atoms with van der Waals surface area (Å²) >= 11 is 0. The molecular weight excluding hydrogens is 262 g/mol. The number of sulfonamides is 1. The molecule has 0 saturated carbocycles. The van der Waals surface area contributed by atoms with Gasteiger partial charge in [0.05, 0.1) is 0 Å². The van der Waals surface area contributed by atoms with Gasteiger partial charge in [-0.1, -0.05) is 26.7 Å². The number of hydrogen-bond acceptors (Lipinski definition) is 4. The maximum Gasteiger partial charge on any atom is 0.242 e. The highest BCUT2D eigenvalue weighted by molar-refractivity contribution is 7.89. The van der Waals surface area contributed by atoms with Gasteiger partial charge in [-0.05, 0) is 24.5 Å². The minimum atomic E-state index is -3.51. The largest absolute Gasteiger partial charge is 0.244 e. The van der Waals surface area contributed by atoms with Crippen LogP contribution in [0.5, 0.6) is 0 Å². The van der Waals surface area contributed by atoms with Crippen molar-refractivity contribution in [1.82, 2.24) is 9.71 Å². The van der Waals surface area contributed by atoms with Gasteiger partial charge in [-0.25, -0.2) is 18.1 Å². The molecular formula is C13H19N3O2S. The van der Waals surface area contributed by atoms with Gasteiger partial charge < -0.3 is 0 Å². The molecule has 1 aromatic rings. The Hall–Kier alpha value is -1.45. The Bertz CT molecular complexity index is 530. The van der Waals surface area contributed by atoms with Crippen molar-refractivity contribution in [2.24, 2.45) is 5.92 Å². The molecule has 0 saturated heterocycles. The van der Waals surface area contributed by atoms with Gasteiger partial charge in [0.25, 0.3) is 0 Å². The van der Waals surface area contributed by atoms with Crippen molar-refractivity contribution in [3.8, 4) is 6.07 Å². The zero-order chi connectivity index (χ0) is 14.3. The number of nitrogens with one attached hydrogen (secondary N) is 1. The summed E-state index contributed by atoms with van der Waals surface area (Å²) in [5, 5.41) is 8.60. The molecule has 0 aromatic carbocycles. The van der Waals surface area contributed by atoms with Crippen LogP contribution in [0.2, 0.25) is 0 Å². The third-order valence-electron chi connectivity index (χ3n) is 2.66. The SMILES string of the molecule is CC(C)CCCCNS(=O)(=O)c1ccc(C#N)nc1. The number of aromatic nitrogens is 1. The van der Waals surface area contributed by atoms with Crippen molar-refractivity contribution in [1.29, 1.82) is 5.26 Å². The molecule has 0 aliphatic carbocycles. The highest BCUT2D eigenvalue weighted by atomic mass is 32.2. The average molecular weight is 281 g/mol. The molecule has 0 bridgehead atoms. The Kier molecular flexibility index (Phi) is 5.93. The first-order valence-electron chi connectivity index (χ1n) is 6.31. The summed E-state index contributed by atoms with van der Waals surface area (Å²) in [6.07, 6.45) is 4.13. The molecule has 1 N–H and O–H groups in total. The fourth-order valence-corrected chi connectivity index (χ4v) is 2.59. The highest BCUT2D eigenvalue weighted by Crippen LogP contribution is 2.09. The van der Waals surface area contributed by atoms with Crippen LogP contribution in [0.3, 0.4) is 0 Å². The molecule has 0 unspecified atom stereocenters. The number of nitrogens with zero attached hydrogens (tertiary/aromatic N) is 2. The molecule has 0 amide bonds. The van der Waals surface area contributed by atoms with Crippen LogP contribution in [0.1, 0.15) is 38.8 Å². The molecule has 0 atom stereocenters. The van der Waals surface area contributed by atoms with Crippen LogP contribution in [0.15, 0.2) is 23.2 Å². The Morgan fingerprint density at radius 1 is 1.37 bits per heavy atom. The Balaban J connectivity index is 2.49. The van der Waals surface area contributed by atoms with E-state index >= 15 is 0 Å². The first kappa shape index (κ1) is 15.6. The van der Waals surface area contributed by atoms with Crippen LogP contribution in [0.4, 0.5) is 0 Å². The minimum Gasteiger partial charge on any atom is -0.244 e. The lowest BCUT2D eigenvalue weighted by Crippen LogP contribution is -2.25. The molecule has 0 fully saturated rings. The van der Waals surface area contributed by atoms with Crippen molar-refractivity contribution in [3.63, 3.8) is 0 Å². The van der Waals surface area contributed by atoms with E-state index < -0.39 is 10.0 Å². The highest BCUT2D eigenvalue weighted by Gasteiger charge is 2.13. The molecule has 0 aliphatic rings. The number of pyridine rings is 1. The predicted octanol–water partition coefficient (Wildman–Crippen LogP) is 2.06. The first-order chi connectivity index (χ1) is 8.95. The normalized spacial score (nSPS) is 11.5. The van der Waals surface area contributed by atoms with Gasteiger partial charge >= 0.3 is 0 Å². The second-order valence-corrected chi connectivity index (χ2v) is 6.55. The lowest BCUT2D eigenvalue weighted by molar-refractivity contribution is 0.530. The van der Waals surface area contributed by atoms with Crippen LogP contribution < -0.4 is 4.72 Å². The molecule has 0 aliphatic heterocycles. The fourth-order valence-electron chi connectivity index (χ4n) is 1.57. The molecule has 1 aromatic heterocycles. The molecule has 1 heterocycles. The lowest BCUT2D eigenvalue weighted by atomic mass is 10.1. The summed E-state index contributed by atoms with van der Waals surface area (Å²) in [6.45, 7) is 4.72. The Morgan fingerprint density at radius 2 is 2.11 bits per heavy atom. The quantitative estimate of drug-likeness (QED) is 0.775. The summed E-state index contributed by atoms with van der Waals surface area (Å²) in [5.74, 6) is 0.638. The van der Waals surface area contributed by atoms with Gasteiger partial charge in [-0.15, -0.1) is 0 Å². The van der Waals surface area contributed by atoms with E-state index in [1.165, 1.54) is 18.3 Å². The van der Waals surface area contributed by atoms with Crippen LogP contribution >= 0.6 is 0 Å². The van der Waals surface area contributed by atoms with Gasteiger partial charge in [0, 0.05) is 12.7 Å². The van der Waals surface area contributed by atoms with Gasteiger partial charge in [0.1, 0.15) is 16.7 Å². The van der Waals surface area contributed by atoms with E-state index in [4.69, 9.17) is 5.26 Å². The number of unbranched alkanes of at least 4 members (excludes halogenated alkanes) is 1. The molecule has 5 nitrogen and oxygen atoms in total. The standard InChI is InChI=1S/C13H19N3O2S/c1-11(2)5-3-4-8-16-19(17,18)13-7-6-12(9-14)15-10-13/h6-7,10-11,16H,3-5,8H2,1-2H3. The summed E-state index contributed by atoms with van der Waals surface area (Å²) in [6, 6.07) is 4.64. The Labute approximate surface area is 114 Å². The zero-order valence-corrected chi connectivity index (χ0v) is 12.1. The molecule has 6 heteroatoms. The van der Waals surface area contributed by atoms with Gasteiger partial charge in [-0.3, -0.25) is 0 Å². The van der Waals surface area contributed by atoms with E-state index in [1.807, 2.05) is 6.07 Å². The summed E-state index contributed by atoms with van der Waals surface area (Å²) < 4.78 is 26.3. The molecule has 104 valence electrons.